The van der Waals surface area contributed by atoms with E-state index in [1.54, 1.807) is 0 Å². The molecule has 0 saturated carbocycles. The molecule has 0 aliphatic rings. The molecule has 172 valence electrons. The van der Waals surface area contributed by atoms with Crippen LogP contribution < -0.4 is 27.4 Å². The summed E-state index contributed by atoms with van der Waals surface area (Å²) in [4.78, 5) is 58.2. The van der Waals surface area contributed by atoms with E-state index in [2.05, 4.69) is 16.0 Å². The first-order chi connectivity index (χ1) is 14.0. The van der Waals surface area contributed by atoms with Crippen LogP contribution in [0.15, 0.2) is 0 Å². The van der Waals surface area contributed by atoms with Gasteiger partial charge in [0.2, 0.25) is 17.7 Å². The van der Waals surface area contributed by atoms with Gasteiger partial charge in [0.15, 0.2) is 0 Å². The van der Waals surface area contributed by atoms with E-state index in [1.165, 1.54) is 6.92 Å². The minimum absolute atomic E-state index is 0.158. The molecule has 0 aliphatic heterocycles. The number of hydrogen-bond acceptors (Lipinski definition) is 8. The third-order valence-corrected chi connectivity index (χ3v) is 4.13. The first kappa shape index (κ1) is 27.2. The Kier molecular flexibility index (Phi) is 12.9. The molecule has 0 fully saturated rings. The highest BCUT2D eigenvalue weighted by Gasteiger charge is 2.28. The number of hydrogen-bond donors (Lipinski definition) is 8. The fourth-order valence-electron chi connectivity index (χ4n) is 2.29. The average Bonchev–Trinajstić information content (AvgIpc) is 2.68. The van der Waals surface area contributed by atoms with Crippen LogP contribution in [0.1, 0.15) is 39.0 Å². The molecule has 13 heteroatoms. The van der Waals surface area contributed by atoms with E-state index >= 15 is 0 Å². The number of amides is 3. The van der Waals surface area contributed by atoms with Gasteiger partial charge in [0.25, 0.3) is 0 Å². The molecule has 0 aromatic rings. The SMILES string of the molecule is CC(NC(=O)C(CCCCN)NC(=O)C(CO)NC(=O)C(N)CCC(=O)O)C(=O)O. The summed E-state index contributed by atoms with van der Waals surface area (Å²) < 4.78 is 0. The lowest BCUT2D eigenvalue weighted by molar-refractivity contribution is -0.142. The Morgan fingerprint density at radius 2 is 1.43 bits per heavy atom. The molecule has 0 radical (unpaired) electrons. The van der Waals surface area contributed by atoms with Gasteiger partial charge in [-0.25, -0.2) is 0 Å². The predicted molar refractivity (Wildman–Crippen MR) is 104 cm³/mol. The Bertz CT molecular complexity index is 615. The molecule has 10 N–H and O–H groups in total. The third-order valence-electron chi connectivity index (χ3n) is 4.13. The van der Waals surface area contributed by atoms with E-state index in [1.807, 2.05) is 0 Å². The van der Waals surface area contributed by atoms with E-state index in [-0.39, 0.29) is 19.3 Å². The summed E-state index contributed by atoms with van der Waals surface area (Å²) in [5.74, 6) is -4.86. The van der Waals surface area contributed by atoms with Crippen molar-refractivity contribution in [3.63, 3.8) is 0 Å². The van der Waals surface area contributed by atoms with E-state index in [4.69, 9.17) is 21.7 Å². The van der Waals surface area contributed by atoms with Crippen LogP contribution in [-0.2, 0) is 24.0 Å². The molecule has 4 unspecified atom stereocenters. The van der Waals surface area contributed by atoms with Crippen LogP contribution in [0.5, 0.6) is 0 Å². The number of carboxylic acids is 2. The van der Waals surface area contributed by atoms with Crippen LogP contribution in [0.4, 0.5) is 0 Å². The van der Waals surface area contributed by atoms with Gasteiger partial charge in [-0.3, -0.25) is 24.0 Å². The monoisotopic (exact) mass is 433 g/mol. The van der Waals surface area contributed by atoms with Gasteiger partial charge in [0.05, 0.1) is 12.6 Å². The quantitative estimate of drug-likeness (QED) is 0.121. The lowest BCUT2D eigenvalue weighted by atomic mass is 10.1. The first-order valence-corrected chi connectivity index (χ1v) is 9.45. The second-order valence-corrected chi connectivity index (χ2v) is 6.70. The van der Waals surface area contributed by atoms with Gasteiger partial charge >= 0.3 is 11.9 Å². The number of nitrogens with two attached hydrogens (primary N) is 2. The maximum absolute atomic E-state index is 12.4. The lowest BCUT2D eigenvalue weighted by Crippen LogP contribution is -2.57. The van der Waals surface area contributed by atoms with Gasteiger partial charge in [0.1, 0.15) is 18.1 Å². The largest absolute Gasteiger partial charge is 0.481 e. The Morgan fingerprint density at radius 1 is 0.867 bits per heavy atom. The van der Waals surface area contributed by atoms with Gasteiger partial charge in [-0.2, -0.15) is 0 Å². The molecule has 30 heavy (non-hydrogen) atoms. The molecule has 0 aromatic carbocycles. The summed E-state index contributed by atoms with van der Waals surface area (Å²) in [7, 11) is 0. The molecule has 0 heterocycles. The molecule has 4 atom stereocenters. The van der Waals surface area contributed by atoms with Gasteiger partial charge in [-0.1, -0.05) is 0 Å². The maximum Gasteiger partial charge on any atom is 0.325 e. The summed E-state index contributed by atoms with van der Waals surface area (Å²) in [6.07, 6.45) is 0.665. The number of carboxylic acid groups (broad SMARTS) is 2. The highest BCUT2D eigenvalue weighted by atomic mass is 16.4. The average molecular weight is 433 g/mol. The van der Waals surface area contributed by atoms with Crippen molar-refractivity contribution in [3.8, 4) is 0 Å². The highest BCUT2D eigenvalue weighted by Crippen LogP contribution is 2.03. The van der Waals surface area contributed by atoms with E-state index < -0.39 is 60.4 Å². The number of rotatable bonds is 15. The van der Waals surface area contributed by atoms with Crippen molar-refractivity contribution >= 4 is 29.7 Å². The minimum Gasteiger partial charge on any atom is -0.481 e. The predicted octanol–water partition coefficient (Wildman–Crippen LogP) is -3.14. The molecule has 0 spiro atoms. The van der Waals surface area contributed by atoms with E-state index in [0.29, 0.717) is 19.4 Å². The van der Waals surface area contributed by atoms with Crippen LogP contribution >= 0.6 is 0 Å². The van der Waals surface area contributed by atoms with Crippen molar-refractivity contribution in [2.75, 3.05) is 13.2 Å². The van der Waals surface area contributed by atoms with Gasteiger partial charge < -0.3 is 42.7 Å². The second kappa shape index (κ2) is 14.3. The molecule has 13 nitrogen and oxygen atoms in total. The van der Waals surface area contributed by atoms with Crippen LogP contribution in [0.25, 0.3) is 0 Å². The van der Waals surface area contributed by atoms with Crippen molar-refractivity contribution in [2.24, 2.45) is 11.5 Å². The number of nitrogens with one attached hydrogen (secondary N) is 3. The Hall–Kier alpha value is -2.77. The third kappa shape index (κ3) is 10.7. The number of unbranched alkanes of at least 4 members (excludes halogenated alkanes) is 1. The van der Waals surface area contributed by atoms with Crippen molar-refractivity contribution in [2.45, 2.75) is 63.2 Å². The Labute approximate surface area is 173 Å². The van der Waals surface area contributed by atoms with Gasteiger partial charge in [-0.15, -0.1) is 0 Å². The normalized spacial score (nSPS) is 14.7. The van der Waals surface area contributed by atoms with Gasteiger partial charge in [0, 0.05) is 6.42 Å². The number of carbonyl (C=O) groups excluding carboxylic acids is 3. The van der Waals surface area contributed by atoms with Crippen molar-refractivity contribution < 1.29 is 39.3 Å². The molecule has 0 aliphatic carbocycles. The molecule has 0 saturated heterocycles. The Morgan fingerprint density at radius 3 is 1.93 bits per heavy atom. The number of carbonyl (C=O) groups is 5. The maximum atomic E-state index is 12.4. The first-order valence-electron chi connectivity index (χ1n) is 9.45. The fourth-order valence-corrected chi connectivity index (χ4v) is 2.29. The zero-order chi connectivity index (χ0) is 23.3. The summed E-state index contributed by atoms with van der Waals surface area (Å²) in [6.45, 7) is 0.817. The van der Waals surface area contributed by atoms with E-state index in [0.717, 1.165) is 0 Å². The smallest absolute Gasteiger partial charge is 0.325 e. The second-order valence-electron chi connectivity index (χ2n) is 6.70. The molecule has 0 rings (SSSR count). The minimum atomic E-state index is -1.44. The zero-order valence-corrected chi connectivity index (χ0v) is 16.8. The molecular formula is C17H31N5O8. The molecule has 0 aromatic heterocycles. The number of aliphatic carboxylic acids is 2. The van der Waals surface area contributed by atoms with Crippen LogP contribution in [0, 0.1) is 0 Å². The van der Waals surface area contributed by atoms with Crippen molar-refractivity contribution in [3.05, 3.63) is 0 Å². The summed E-state index contributed by atoms with van der Waals surface area (Å²) >= 11 is 0. The van der Waals surface area contributed by atoms with Gasteiger partial charge in [-0.05, 0) is 39.2 Å². The molecule has 3 amide bonds. The lowest BCUT2D eigenvalue weighted by Gasteiger charge is -2.23. The van der Waals surface area contributed by atoms with Crippen molar-refractivity contribution in [1.82, 2.24) is 16.0 Å². The van der Waals surface area contributed by atoms with Crippen molar-refractivity contribution in [1.29, 1.82) is 0 Å². The Balaban J connectivity index is 5.04. The van der Waals surface area contributed by atoms with Crippen LogP contribution in [0.3, 0.4) is 0 Å². The van der Waals surface area contributed by atoms with E-state index in [9.17, 15) is 29.1 Å². The summed E-state index contributed by atoms with van der Waals surface area (Å²) in [5, 5.41) is 33.8. The van der Waals surface area contributed by atoms with Crippen LogP contribution in [-0.4, -0.2) is 82.3 Å². The molecule has 0 bridgehead atoms. The zero-order valence-electron chi connectivity index (χ0n) is 16.8. The van der Waals surface area contributed by atoms with Crippen LogP contribution in [0.2, 0.25) is 0 Å². The highest BCUT2D eigenvalue weighted by molar-refractivity contribution is 5.94. The summed E-state index contributed by atoms with van der Waals surface area (Å²) in [6, 6.07) is -4.94. The fraction of sp³-hybridized carbons (Fsp3) is 0.706. The summed E-state index contributed by atoms with van der Waals surface area (Å²) in [5.41, 5.74) is 11.0. The molecular weight excluding hydrogens is 402 g/mol. The topological polar surface area (TPSA) is 234 Å². The number of aliphatic hydroxyl groups excluding tert-OH is 1. The standard InChI is InChI=1S/C17H31N5O8/c1-9(17(29)30)20-15(27)11(4-2-3-7-18)21-16(28)12(8-23)22-14(26)10(19)5-6-13(24)25/h9-12,23H,2-8,18-19H2,1H3,(H,20,27)(H,21,28)(H,22,26)(H,24,25)(H,29,30). The number of aliphatic hydroxyl groups is 1.